The molecule has 1 aliphatic carbocycles. The Kier molecular flexibility index (Phi) is 3.19. The number of fused-ring (bicyclic) bond motifs is 2. The van der Waals surface area contributed by atoms with Crippen LogP contribution in [0.1, 0.15) is 40.6 Å². The van der Waals surface area contributed by atoms with Crippen LogP contribution in [0.2, 0.25) is 0 Å². The highest BCUT2D eigenvalue weighted by atomic mass is 16.3. The van der Waals surface area contributed by atoms with Gasteiger partial charge in [0.15, 0.2) is 5.76 Å². The highest BCUT2D eigenvalue weighted by Gasteiger charge is 2.23. The minimum Gasteiger partial charge on any atom is -0.451 e. The molecule has 0 fully saturated rings. The van der Waals surface area contributed by atoms with E-state index in [-0.39, 0.29) is 11.9 Å². The lowest BCUT2D eigenvalue weighted by Crippen LogP contribution is -2.30. The lowest BCUT2D eigenvalue weighted by Gasteiger charge is -2.25. The number of nitrogens with one attached hydrogen (secondary N) is 1. The van der Waals surface area contributed by atoms with E-state index in [9.17, 15) is 4.79 Å². The Bertz CT molecular complexity index is 801. The molecule has 3 heteroatoms. The molecule has 1 aromatic heterocycles. The van der Waals surface area contributed by atoms with Crippen LogP contribution in [0.25, 0.3) is 11.0 Å². The van der Waals surface area contributed by atoms with Crippen molar-refractivity contribution >= 4 is 16.9 Å². The van der Waals surface area contributed by atoms with Crippen molar-refractivity contribution in [2.24, 2.45) is 0 Å². The van der Waals surface area contributed by atoms with E-state index in [1.807, 2.05) is 30.3 Å². The predicted molar refractivity (Wildman–Crippen MR) is 85.8 cm³/mol. The molecule has 0 bridgehead atoms. The van der Waals surface area contributed by atoms with Crippen molar-refractivity contribution in [3.05, 3.63) is 71.5 Å². The topological polar surface area (TPSA) is 42.2 Å². The molecule has 2 aromatic carbocycles. The molecule has 0 saturated heterocycles. The van der Waals surface area contributed by atoms with Crippen LogP contribution in [-0.4, -0.2) is 5.91 Å². The van der Waals surface area contributed by atoms with E-state index in [0.717, 1.165) is 30.2 Å². The third-order valence-corrected chi connectivity index (χ3v) is 4.32. The first-order valence-electron chi connectivity index (χ1n) is 7.68. The normalized spacial score (nSPS) is 17.2. The summed E-state index contributed by atoms with van der Waals surface area (Å²) in [6.07, 6.45) is 3.16. The van der Waals surface area contributed by atoms with E-state index in [2.05, 4.69) is 23.5 Å². The number of benzene rings is 2. The summed E-state index contributed by atoms with van der Waals surface area (Å²) in [6.45, 7) is 0. The number of aryl methyl sites for hydroxylation is 1. The summed E-state index contributed by atoms with van der Waals surface area (Å²) >= 11 is 0. The van der Waals surface area contributed by atoms with Gasteiger partial charge >= 0.3 is 0 Å². The number of carbonyl (C=O) groups excluding carboxylic acids is 1. The third kappa shape index (κ3) is 2.29. The van der Waals surface area contributed by atoms with Crippen LogP contribution in [-0.2, 0) is 6.42 Å². The zero-order valence-corrected chi connectivity index (χ0v) is 12.2. The van der Waals surface area contributed by atoms with Gasteiger partial charge in [-0.1, -0.05) is 42.5 Å². The molecule has 1 amide bonds. The molecule has 0 radical (unpaired) electrons. The lowest BCUT2D eigenvalue weighted by molar-refractivity contribution is 0.0907. The minimum atomic E-state index is -0.141. The molecule has 1 aliphatic rings. The second-order valence-corrected chi connectivity index (χ2v) is 5.77. The summed E-state index contributed by atoms with van der Waals surface area (Å²) in [7, 11) is 0. The zero-order valence-electron chi connectivity index (χ0n) is 12.2. The molecule has 4 rings (SSSR count). The summed E-state index contributed by atoms with van der Waals surface area (Å²) in [5.74, 6) is 0.238. The molecule has 3 aromatic rings. The molecule has 22 heavy (non-hydrogen) atoms. The fourth-order valence-corrected chi connectivity index (χ4v) is 3.23. The summed E-state index contributed by atoms with van der Waals surface area (Å²) in [6, 6.07) is 17.9. The highest BCUT2D eigenvalue weighted by Crippen LogP contribution is 2.30. The monoisotopic (exact) mass is 291 g/mol. The molecule has 0 saturated carbocycles. The summed E-state index contributed by atoms with van der Waals surface area (Å²) in [5, 5.41) is 4.07. The largest absolute Gasteiger partial charge is 0.451 e. The van der Waals surface area contributed by atoms with E-state index in [1.54, 1.807) is 6.07 Å². The van der Waals surface area contributed by atoms with Gasteiger partial charge in [0.25, 0.3) is 5.91 Å². The van der Waals surface area contributed by atoms with Gasteiger partial charge in [0.1, 0.15) is 5.58 Å². The van der Waals surface area contributed by atoms with Crippen LogP contribution in [0.5, 0.6) is 0 Å². The first-order chi connectivity index (χ1) is 10.8. The predicted octanol–water partition coefficient (Wildman–Crippen LogP) is 4.24. The number of rotatable bonds is 2. The fourth-order valence-electron chi connectivity index (χ4n) is 3.23. The van der Waals surface area contributed by atoms with Crippen molar-refractivity contribution in [2.45, 2.75) is 25.3 Å². The molecule has 1 N–H and O–H groups in total. The van der Waals surface area contributed by atoms with Crippen LogP contribution < -0.4 is 5.32 Å². The Morgan fingerprint density at radius 2 is 1.91 bits per heavy atom. The molecule has 0 aliphatic heterocycles. The first kappa shape index (κ1) is 13.1. The van der Waals surface area contributed by atoms with Crippen molar-refractivity contribution in [1.82, 2.24) is 5.32 Å². The molecule has 1 atom stereocenters. The van der Waals surface area contributed by atoms with Gasteiger partial charge in [-0.2, -0.15) is 0 Å². The lowest BCUT2D eigenvalue weighted by atomic mass is 9.88. The Balaban J connectivity index is 1.60. The molecular weight excluding hydrogens is 274 g/mol. The average Bonchev–Trinajstić information content (AvgIpc) is 2.99. The zero-order chi connectivity index (χ0) is 14.9. The Morgan fingerprint density at radius 3 is 2.82 bits per heavy atom. The standard InChI is InChI=1S/C19H17NO2/c21-19(18-12-14-7-2-4-11-17(14)22-18)20-16-10-5-8-13-6-1-3-9-15(13)16/h1-4,6-7,9,11-12,16H,5,8,10H2,(H,20,21)/t16-/m1/s1. The summed E-state index contributed by atoms with van der Waals surface area (Å²) < 4.78 is 5.65. The van der Waals surface area contributed by atoms with Crippen molar-refractivity contribution in [2.75, 3.05) is 0 Å². The SMILES string of the molecule is O=C(N[C@@H]1CCCc2ccccc21)c1cc2ccccc2o1. The van der Waals surface area contributed by atoms with E-state index in [4.69, 9.17) is 4.42 Å². The van der Waals surface area contributed by atoms with E-state index in [1.165, 1.54) is 11.1 Å². The fraction of sp³-hybridized carbons (Fsp3) is 0.211. The van der Waals surface area contributed by atoms with Crippen LogP contribution in [0.3, 0.4) is 0 Å². The number of hydrogen-bond donors (Lipinski definition) is 1. The van der Waals surface area contributed by atoms with E-state index in [0.29, 0.717) is 5.76 Å². The van der Waals surface area contributed by atoms with E-state index < -0.39 is 0 Å². The van der Waals surface area contributed by atoms with Gasteiger partial charge in [0, 0.05) is 5.39 Å². The maximum atomic E-state index is 12.5. The van der Waals surface area contributed by atoms with Crippen molar-refractivity contribution < 1.29 is 9.21 Å². The van der Waals surface area contributed by atoms with Gasteiger partial charge in [-0.05, 0) is 42.5 Å². The third-order valence-electron chi connectivity index (χ3n) is 4.32. The molecule has 0 spiro atoms. The number of furan rings is 1. The van der Waals surface area contributed by atoms with Crippen molar-refractivity contribution in [3.8, 4) is 0 Å². The molecule has 3 nitrogen and oxygen atoms in total. The van der Waals surface area contributed by atoms with E-state index >= 15 is 0 Å². The second-order valence-electron chi connectivity index (χ2n) is 5.77. The van der Waals surface area contributed by atoms with Crippen molar-refractivity contribution in [3.63, 3.8) is 0 Å². The van der Waals surface area contributed by atoms with Crippen LogP contribution in [0.4, 0.5) is 0 Å². The number of carbonyl (C=O) groups is 1. The van der Waals surface area contributed by atoms with Crippen LogP contribution in [0.15, 0.2) is 59.0 Å². The first-order valence-corrected chi connectivity index (χ1v) is 7.68. The van der Waals surface area contributed by atoms with Gasteiger partial charge in [-0.25, -0.2) is 0 Å². The Morgan fingerprint density at radius 1 is 1.09 bits per heavy atom. The summed E-state index contributed by atoms with van der Waals surface area (Å²) in [4.78, 5) is 12.5. The quantitative estimate of drug-likeness (QED) is 0.767. The number of hydrogen-bond acceptors (Lipinski definition) is 2. The smallest absolute Gasteiger partial charge is 0.287 e. The Labute approximate surface area is 128 Å². The Hall–Kier alpha value is -2.55. The van der Waals surface area contributed by atoms with Gasteiger partial charge in [0.05, 0.1) is 6.04 Å². The number of para-hydroxylation sites is 1. The van der Waals surface area contributed by atoms with Gasteiger partial charge in [-0.15, -0.1) is 0 Å². The molecular formula is C19H17NO2. The second kappa shape index (κ2) is 5.34. The summed E-state index contributed by atoms with van der Waals surface area (Å²) in [5.41, 5.74) is 3.32. The number of amides is 1. The van der Waals surface area contributed by atoms with Gasteiger partial charge < -0.3 is 9.73 Å². The maximum absolute atomic E-state index is 12.5. The van der Waals surface area contributed by atoms with Crippen LogP contribution >= 0.6 is 0 Å². The highest BCUT2D eigenvalue weighted by molar-refractivity contribution is 5.96. The minimum absolute atomic E-state index is 0.0747. The van der Waals surface area contributed by atoms with Crippen LogP contribution in [0, 0.1) is 0 Å². The van der Waals surface area contributed by atoms with Gasteiger partial charge in [0.2, 0.25) is 0 Å². The maximum Gasteiger partial charge on any atom is 0.287 e. The molecule has 1 heterocycles. The van der Waals surface area contributed by atoms with Crippen molar-refractivity contribution in [1.29, 1.82) is 0 Å². The van der Waals surface area contributed by atoms with Gasteiger partial charge in [-0.3, -0.25) is 4.79 Å². The molecule has 110 valence electrons. The molecule has 0 unspecified atom stereocenters. The average molecular weight is 291 g/mol.